The van der Waals surface area contributed by atoms with Gasteiger partial charge in [-0.05, 0) is 13.3 Å². The number of nitrogens with zero attached hydrogens (tertiary/aromatic N) is 5. The Morgan fingerprint density at radius 2 is 2.17 bits per heavy atom. The largest absolute Gasteiger partial charge is 0.434 e. The van der Waals surface area contributed by atoms with E-state index in [0.29, 0.717) is 42.9 Å². The molecule has 1 aliphatic rings. The van der Waals surface area contributed by atoms with Gasteiger partial charge in [0.25, 0.3) is 0 Å². The van der Waals surface area contributed by atoms with Crippen LogP contribution in [0.5, 0.6) is 0 Å². The second-order valence-electron chi connectivity index (χ2n) is 7.24. The molecule has 0 bridgehead atoms. The van der Waals surface area contributed by atoms with E-state index in [2.05, 4.69) is 44.5 Å². The molecule has 0 fully saturated rings. The molecule has 11 heteroatoms. The quantitative estimate of drug-likeness (QED) is 0.545. The molecule has 0 radical (unpaired) electrons. The van der Waals surface area contributed by atoms with E-state index in [4.69, 9.17) is 0 Å². The van der Waals surface area contributed by atoms with Crippen molar-refractivity contribution in [2.75, 3.05) is 13.1 Å². The summed E-state index contributed by atoms with van der Waals surface area (Å²) in [6.45, 7) is 7.89. The van der Waals surface area contributed by atoms with E-state index < -0.39 is 11.9 Å². The van der Waals surface area contributed by atoms with Crippen LogP contribution in [0.25, 0.3) is 0 Å². The molecule has 2 N–H and O–H groups in total. The molecule has 0 saturated carbocycles. The fourth-order valence-electron chi connectivity index (χ4n) is 3.02. The monoisotopic (exact) mass is 429 g/mol. The molecule has 0 aromatic carbocycles. The van der Waals surface area contributed by atoms with Gasteiger partial charge in [0.1, 0.15) is 5.82 Å². The molecule has 1 unspecified atom stereocenters. The van der Waals surface area contributed by atoms with E-state index in [9.17, 15) is 13.2 Å². The highest BCUT2D eigenvalue weighted by atomic mass is 32.1. The lowest BCUT2D eigenvalue weighted by Crippen LogP contribution is -2.47. The molecule has 0 aliphatic carbocycles. The lowest BCUT2D eigenvalue weighted by Gasteiger charge is -2.25. The van der Waals surface area contributed by atoms with E-state index >= 15 is 0 Å². The van der Waals surface area contributed by atoms with Gasteiger partial charge in [0.05, 0.1) is 11.6 Å². The van der Waals surface area contributed by atoms with E-state index in [1.54, 1.807) is 0 Å². The van der Waals surface area contributed by atoms with Crippen molar-refractivity contribution >= 4 is 17.3 Å². The van der Waals surface area contributed by atoms with Crippen molar-refractivity contribution in [3.8, 4) is 0 Å². The Bertz CT molecular complexity index is 841. The number of nitrogens with one attached hydrogen (secondary N) is 2. The smallest absolute Gasteiger partial charge is 0.357 e. The SMILES string of the molecule is CCNC(=NCCc1nc(C(F)(F)F)cs1)NC1CCc2nc(C(C)C)nn2C1. The van der Waals surface area contributed by atoms with Gasteiger partial charge >= 0.3 is 6.18 Å². The molecule has 3 rings (SSSR count). The molecule has 160 valence electrons. The summed E-state index contributed by atoms with van der Waals surface area (Å²) in [6, 6.07) is 0.165. The molecule has 3 heterocycles. The Morgan fingerprint density at radius 3 is 2.83 bits per heavy atom. The third kappa shape index (κ3) is 5.68. The van der Waals surface area contributed by atoms with Gasteiger partial charge in [-0.3, -0.25) is 4.99 Å². The lowest BCUT2D eigenvalue weighted by atomic mass is 10.1. The summed E-state index contributed by atoms with van der Waals surface area (Å²) < 4.78 is 39.9. The maximum atomic E-state index is 12.6. The molecule has 29 heavy (non-hydrogen) atoms. The van der Waals surface area contributed by atoms with Gasteiger partial charge in [0, 0.05) is 43.3 Å². The number of aryl methyl sites for hydroxylation is 1. The van der Waals surface area contributed by atoms with Crippen LogP contribution in [0.2, 0.25) is 0 Å². The molecule has 0 spiro atoms. The average Bonchev–Trinajstić information content (AvgIpc) is 3.28. The fourth-order valence-corrected chi connectivity index (χ4v) is 3.82. The van der Waals surface area contributed by atoms with Crippen LogP contribution in [0.1, 0.15) is 55.5 Å². The maximum Gasteiger partial charge on any atom is 0.434 e. The lowest BCUT2D eigenvalue weighted by molar-refractivity contribution is -0.140. The molecule has 1 atom stereocenters. The van der Waals surface area contributed by atoms with Gasteiger partial charge in [-0.25, -0.2) is 14.6 Å². The first-order valence-electron chi connectivity index (χ1n) is 9.76. The van der Waals surface area contributed by atoms with E-state index in [0.717, 1.165) is 41.2 Å². The van der Waals surface area contributed by atoms with Crippen molar-refractivity contribution in [3.05, 3.63) is 27.7 Å². The maximum absolute atomic E-state index is 12.6. The van der Waals surface area contributed by atoms with Gasteiger partial charge in [0.15, 0.2) is 17.5 Å². The number of rotatable bonds is 6. The summed E-state index contributed by atoms with van der Waals surface area (Å²) in [7, 11) is 0. The van der Waals surface area contributed by atoms with Crippen LogP contribution in [0, 0.1) is 0 Å². The van der Waals surface area contributed by atoms with E-state index in [1.165, 1.54) is 0 Å². The normalized spacial score (nSPS) is 17.5. The van der Waals surface area contributed by atoms with Gasteiger partial charge < -0.3 is 10.6 Å². The summed E-state index contributed by atoms with van der Waals surface area (Å²) >= 11 is 1.01. The molecule has 0 amide bonds. The predicted octanol–water partition coefficient (Wildman–Crippen LogP) is 2.99. The predicted molar refractivity (Wildman–Crippen MR) is 106 cm³/mol. The van der Waals surface area contributed by atoms with Crippen LogP contribution in [-0.2, 0) is 25.6 Å². The van der Waals surface area contributed by atoms with E-state index in [1.807, 2.05) is 11.6 Å². The number of aliphatic imine (C=N–C) groups is 1. The van der Waals surface area contributed by atoms with Gasteiger partial charge in [-0.2, -0.15) is 18.3 Å². The van der Waals surface area contributed by atoms with Crippen LogP contribution >= 0.6 is 11.3 Å². The van der Waals surface area contributed by atoms with Crippen molar-refractivity contribution in [1.82, 2.24) is 30.4 Å². The highest BCUT2D eigenvalue weighted by Gasteiger charge is 2.33. The van der Waals surface area contributed by atoms with Crippen LogP contribution in [0.4, 0.5) is 13.2 Å². The van der Waals surface area contributed by atoms with Crippen molar-refractivity contribution in [3.63, 3.8) is 0 Å². The van der Waals surface area contributed by atoms with Gasteiger partial charge in [0.2, 0.25) is 0 Å². The molecular formula is C18H26F3N7S. The van der Waals surface area contributed by atoms with Gasteiger partial charge in [-0.15, -0.1) is 11.3 Å². The highest BCUT2D eigenvalue weighted by molar-refractivity contribution is 7.09. The first-order valence-corrected chi connectivity index (χ1v) is 10.6. The van der Waals surface area contributed by atoms with Crippen LogP contribution in [0.3, 0.4) is 0 Å². The Kier molecular flexibility index (Phi) is 6.76. The van der Waals surface area contributed by atoms with Crippen molar-refractivity contribution in [1.29, 1.82) is 0 Å². The molecule has 7 nitrogen and oxygen atoms in total. The van der Waals surface area contributed by atoms with Gasteiger partial charge in [-0.1, -0.05) is 13.8 Å². The average molecular weight is 430 g/mol. The molecule has 1 aliphatic heterocycles. The van der Waals surface area contributed by atoms with Crippen LogP contribution in [-0.4, -0.2) is 44.8 Å². The third-order valence-electron chi connectivity index (χ3n) is 4.51. The fraction of sp³-hybridized carbons (Fsp3) is 0.667. The summed E-state index contributed by atoms with van der Waals surface area (Å²) in [5.41, 5.74) is -0.835. The first kappa shape index (κ1) is 21.5. The number of fused-ring (bicyclic) bond motifs is 1. The second kappa shape index (κ2) is 9.10. The zero-order valence-electron chi connectivity index (χ0n) is 16.8. The number of aromatic nitrogens is 4. The second-order valence-corrected chi connectivity index (χ2v) is 8.18. The number of hydrogen-bond donors (Lipinski definition) is 2. The molecular weight excluding hydrogens is 403 g/mol. The third-order valence-corrected chi connectivity index (χ3v) is 5.42. The van der Waals surface area contributed by atoms with Crippen LogP contribution < -0.4 is 10.6 Å². The zero-order valence-corrected chi connectivity index (χ0v) is 17.6. The zero-order chi connectivity index (χ0) is 21.0. The summed E-state index contributed by atoms with van der Waals surface area (Å²) in [6.07, 6.45) is -2.27. The molecule has 2 aromatic rings. The summed E-state index contributed by atoms with van der Waals surface area (Å²) in [5, 5.41) is 12.7. The molecule has 2 aromatic heterocycles. The minimum Gasteiger partial charge on any atom is -0.357 e. The topological polar surface area (TPSA) is 80.0 Å². The van der Waals surface area contributed by atoms with E-state index in [-0.39, 0.29) is 6.04 Å². The van der Waals surface area contributed by atoms with Crippen molar-refractivity contribution in [2.24, 2.45) is 4.99 Å². The molecule has 0 saturated heterocycles. The number of thiazole rings is 1. The number of halogens is 3. The Hall–Kier alpha value is -2.17. The van der Waals surface area contributed by atoms with Crippen LogP contribution in [0.15, 0.2) is 10.4 Å². The summed E-state index contributed by atoms with van der Waals surface area (Å²) in [5.74, 6) is 2.82. The number of hydrogen-bond acceptors (Lipinski definition) is 5. The highest BCUT2D eigenvalue weighted by Crippen LogP contribution is 2.30. The Labute approximate surface area is 171 Å². The minimum absolute atomic E-state index is 0.165. The number of alkyl halides is 3. The standard InChI is InChI=1S/C18H26F3N7S/c1-4-22-17(23-8-7-15-25-13(10-29-15)18(19,20)21)24-12-5-6-14-26-16(11(2)3)27-28(14)9-12/h10-12H,4-9H2,1-3H3,(H2,22,23,24). The first-order chi connectivity index (χ1) is 13.8. The Balaban J connectivity index is 1.57. The minimum atomic E-state index is -4.40. The summed E-state index contributed by atoms with van der Waals surface area (Å²) in [4.78, 5) is 12.7. The van der Waals surface area contributed by atoms with Crippen molar-refractivity contribution < 1.29 is 13.2 Å². The number of guanidine groups is 1. The Morgan fingerprint density at radius 1 is 1.38 bits per heavy atom. The van der Waals surface area contributed by atoms with Crippen molar-refractivity contribution in [2.45, 2.75) is 64.7 Å².